The molecule has 1 N–H and O–H groups in total. The number of hydrogen-bond acceptors (Lipinski definition) is 4. The van der Waals surface area contributed by atoms with Crippen molar-refractivity contribution in [3.8, 4) is 11.8 Å². The normalized spacial score (nSPS) is 12.6. The Labute approximate surface area is 160 Å². The van der Waals surface area contributed by atoms with Gasteiger partial charge in [-0.2, -0.15) is 41.1 Å². The molecule has 29 heavy (non-hydrogen) atoms. The van der Waals surface area contributed by atoms with Gasteiger partial charge in [0.2, 0.25) is 0 Å². The molecule has 0 radical (unpaired) electrons. The summed E-state index contributed by atoms with van der Waals surface area (Å²) in [5.41, 5.74) is 1.61. The summed E-state index contributed by atoms with van der Waals surface area (Å²) >= 11 is 0. The molecule has 0 spiro atoms. The average Bonchev–Trinajstić information content (AvgIpc) is 2.65. The molecular weight excluding hydrogens is 407 g/mol. The Bertz CT molecular complexity index is 920. The molecule has 0 atom stereocenters. The largest absolute Gasteiger partial charge is 0.489 e. The van der Waals surface area contributed by atoms with Crippen molar-refractivity contribution in [2.75, 3.05) is 0 Å². The molecule has 0 fully saturated rings. The molecule has 0 aliphatic heterocycles. The molecule has 4 nitrogen and oxygen atoms in total. The van der Waals surface area contributed by atoms with Gasteiger partial charge in [-0.05, 0) is 23.8 Å². The monoisotopic (exact) mass is 419 g/mol. The molecule has 0 amide bonds. The van der Waals surface area contributed by atoms with E-state index in [0.717, 1.165) is 0 Å². The van der Waals surface area contributed by atoms with Gasteiger partial charge in [0.25, 0.3) is 0 Å². The van der Waals surface area contributed by atoms with Crippen molar-refractivity contribution in [2.45, 2.75) is 24.8 Å². The number of nitrogens with one attached hydrogen (secondary N) is 1. The van der Waals surface area contributed by atoms with Crippen LogP contribution >= 0.6 is 0 Å². The summed E-state index contributed by atoms with van der Waals surface area (Å²) in [5.74, 6) is -6.08. The van der Waals surface area contributed by atoms with Crippen LogP contribution < -0.4 is 10.2 Å². The summed E-state index contributed by atoms with van der Waals surface area (Å²) in [5, 5.41) is 11.8. The van der Waals surface area contributed by atoms with Gasteiger partial charge in [-0.15, -0.1) is 0 Å². The lowest BCUT2D eigenvalue weighted by Gasteiger charge is -2.27. The highest BCUT2D eigenvalue weighted by molar-refractivity contribution is 5.80. The number of halogens is 7. The number of nitrogens with zero attached hydrogens (tertiary/aromatic N) is 2. The Morgan fingerprint density at radius 2 is 1.69 bits per heavy atom. The summed E-state index contributed by atoms with van der Waals surface area (Å²) in [4.78, 5) is 0. The van der Waals surface area contributed by atoms with E-state index in [0.29, 0.717) is 22.8 Å². The molecule has 2 rings (SSSR count). The SMILES string of the molecule is N#Cc1ccccc1COc1cccc(/C=N\NC(F)(F)C(F)(F)C(F)(F)F)c1. The van der Waals surface area contributed by atoms with E-state index in [2.05, 4.69) is 5.10 Å². The van der Waals surface area contributed by atoms with Crippen LogP contribution in [0.2, 0.25) is 0 Å². The van der Waals surface area contributed by atoms with Gasteiger partial charge in [0.1, 0.15) is 12.4 Å². The fourth-order valence-corrected chi connectivity index (χ4v) is 2.04. The van der Waals surface area contributed by atoms with E-state index in [1.54, 1.807) is 24.3 Å². The van der Waals surface area contributed by atoms with E-state index >= 15 is 0 Å². The van der Waals surface area contributed by atoms with Gasteiger partial charge in [0.15, 0.2) is 0 Å². The molecule has 0 aliphatic carbocycles. The lowest BCUT2D eigenvalue weighted by Crippen LogP contribution is -2.58. The topological polar surface area (TPSA) is 57.4 Å². The van der Waals surface area contributed by atoms with Crippen molar-refractivity contribution in [1.29, 1.82) is 5.26 Å². The molecule has 0 saturated carbocycles. The fraction of sp³-hybridized carbons (Fsp3) is 0.222. The number of hydrogen-bond donors (Lipinski definition) is 1. The van der Waals surface area contributed by atoms with Gasteiger partial charge >= 0.3 is 18.1 Å². The molecule has 11 heteroatoms. The molecule has 0 aliphatic rings. The number of alkyl halides is 7. The van der Waals surface area contributed by atoms with Crippen LogP contribution in [0.4, 0.5) is 30.7 Å². The minimum atomic E-state index is -6.45. The molecule has 0 bridgehead atoms. The molecular formula is C18H12F7N3O. The zero-order valence-corrected chi connectivity index (χ0v) is 14.4. The van der Waals surface area contributed by atoms with Gasteiger partial charge in [0, 0.05) is 5.56 Å². The van der Waals surface area contributed by atoms with Crippen LogP contribution in [0, 0.1) is 11.3 Å². The molecule has 2 aromatic rings. The number of nitriles is 1. The number of ether oxygens (including phenoxy) is 1. The quantitative estimate of drug-likeness (QED) is 0.302. The van der Waals surface area contributed by atoms with E-state index in [1.165, 1.54) is 24.3 Å². The first kappa shape index (κ1) is 22.0. The number of hydrazone groups is 1. The lowest BCUT2D eigenvalue weighted by atomic mass is 10.1. The smallest absolute Gasteiger partial charge is 0.462 e. The second-order valence-corrected chi connectivity index (χ2v) is 5.65. The third-order valence-electron chi connectivity index (χ3n) is 3.56. The highest BCUT2D eigenvalue weighted by Crippen LogP contribution is 2.44. The van der Waals surface area contributed by atoms with Gasteiger partial charge in [-0.3, -0.25) is 0 Å². The van der Waals surface area contributed by atoms with E-state index in [1.807, 2.05) is 6.07 Å². The van der Waals surface area contributed by atoms with Crippen molar-refractivity contribution in [3.63, 3.8) is 0 Å². The van der Waals surface area contributed by atoms with Crippen molar-refractivity contribution in [1.82, 2.24) is 5.43 Å². The summed E-state index contributed by atoms with van der Waals surface area (Å²) in [6.45, 7) is 0.0124. The Hall–Kier alpha value is -3.29. The van der Waals surface area contributed by atoms with Crippen LogP contribution in [0.3, 0.4) is 0 Å². The molecule has 0 heterocycles. The van der Waals surface area contributed by atoms with E-state index in [4.69, 9.17) is 10.00 Å². The molecule has 154 valence electrons. The predicted molar refractivity (Wildman–Crippen MR) is 88.6 cm³/mol. The van der Waals surface area contributed by atoms with Gasteiger partial charge in [-0.25, -0.2) is 5.43 Å². The van der Waals surface area contributed by atoms with Crippen molar-refractivity contribution < 1.29 is 35.5 Å². The average molecular weight is 419 g/mol. The Kier molecular flexibility index (Phi) is 6.36. The third kappa shape index (κ3) is 5.16. The molecule has 0 saturated heterocycles. The van der Waals surface area contributed by atoms with Crippen LogP contribution in [-0.4, -0.2) is 24.4 Å². The Morgan fingerprint density at radius 1 is 1.00 bits per heavy atom. The maximum atomic E-state index is 13.1. The number of benzene rings is 2. The van der Waals surface area contributed by atoms with E-state index < -0.39 is 18.1 Å². The van der Waals surface area contributed by atoms with Crippen molar-refractivity contribution >= 4 is 6.21 Å². The highest BCUT2D eigenvalue weighted by atomic mass is 19.4. The predicted octanol–water partition coefficient (Wildman–Crippen LogP) is 4.85. The van der Waals surface area contributed by atoms with Crippen LogP contribution in [0.1, 0.15) is 16.7 Å². The second kappa shape index (κ2) is 8.38. The van der Waals surface area contributed by atoms with Gasteiger partial charge < -0.3 is 4.74 Å². The minimum Gasteiger partial charge on any atom is -0.489 e. The second-order valence-electron chi connectivity index (χ2n) is 5.65. The van der Waals surface area contributed by atoms with Gasteiger partial charge in [0.05, 0.1) is 17.8 Å². The molecule has 2 aromatic carbocycles. The lowest BCUT2D eigenvalue weighted by molar-refractivity contribution is -0.361. The van der Waals surface area contributed by atoms with Gasteiger partial charge in [-0.1, -0.05) is 30.3 Å². The first-order valence-corrected chi connectivity index (χ1v) is 7.81. The standard InChI is InChI=1S/C18H12F7N3O/c19-16(20,17(21,22)23)18(24,25)28-27-10-12-4-3-7-15(8-12)29-11-14-6-2-1-5-13(14)9-26/h1-8,10,28H,11H2/b27-10-. The maximum absolute atomic E-state index is 13.1. The van der Waals surface area contributed by atoms with Crippen molar-refractivity contribution in [2.24, 2.45) is 5.10 Å². The highest BCUT2D eigenvalue weighted by Gasteiger charge is 2.73. The first-order valence-electron chi connectivity index (χ1n) is 7.81. The maximum Gasteiger partial charge on any atom is 0.462 e. The Morgan fingerprint density at radius 3 is 2.34 bits per heavy atom. The number of rotatable bonds is 7. The van der Waals surface area contributed by atoms with Crippen molar-refractivity contribution in [3.05, 3.63) is 65.2 Å². The molecule has 0 unspecified atom stereocenters. The summed E-state index contributed by atoms with van der Waals surface area (Å²) in [7, 11) is 0. The van der Waals surface area contributed by atoms with Crippen LogP contribution in [-0.2, 0) is 6.61 Å². The van der Waals surface area contributed by atoms with E-state index in [9.17, 15) is 30.7 Å². The van der Waals surface area contributed by atoms with E-state index in [-0.39, 0.29) is 17.9 Å². The summed E-state index contributed by atoms with van der Waals surface area (Å²) < 4.78 is 93.4. The zero-order valence-electron chi connectivity index (χ0n) is 14.4. The third-order valence-corrected chi connectivity index (χ3v) is 3.56. The molecule has 0 aromatic heterocycles. The Balaban J connectivity index is 2.05. The summed E-state index contributed by atoms with van der Waals surface area (Å²) in [6, 6.07) is 8.51. The first-order chi connectivity index (χ1) is 13.5. The van der Waals surface area contributed by atoms with Crippen LogP contribution in [0.25, 0.3) is 0 Å². The fourth-order valence-electron chi connectivity index (χ4n) is 2.04. The summed E-state index contributed by atoms with van der Waals surface area (Å²) in [6.07, 6.45) is -5.82. The zero-order chi connectivity index (χ0) is 21.7. The van der Waals surface area contributed by atoms with Crippen LogP contribution in [0.5, 0.6) is 5.75 Å². The van der Waals surface area contributed by atoms with Crippen LogP contribution in [0.15, 0.2) is 53.6 Å². The minimum absolute atomic E-state index is 0.0124.